The van der Waals surface area contributed by atoms with Crippen LogP contribution in [-0.2, 0) is 0 Å². The highest BCUT2D eigenvalue weighted by Crippen LogP contribution is 2.22. The van der Waals surface area contributed by atoms with Crippen molar-refractivity contribution < 1.29 is 14.4 Å². The number of halogens is 1. The number of aliphatic hydroxyl groups excluding tert-OH is 1. The van der Waals surface area contributed by atoms with Crippen LogP contribution in [0.15, 0.2) is 18.2 Å². The fourth-order valence-corrected chi connectivity index (χ4v) is 1.39. The normalized spacial score (nSPS) is 12.2. The predicted molar refractivity (Wildman–Crippen MR) is 62.6 cm³/mol. The molecule has 1 aromatic rings. The summed E-state index contributed by atoms with van der Waals surface area (Å²) in [5.41, 5.74) is 0.154. The Hall–Kier alpha value is -1.69. The molecule has 1 N–H and O–H groups in total. The van der Waals surface area contributed by atoms with Gasteiger partial charge in [0, 0.05) is 25.3 Å². The lowest BCUT2D eigenvalue weighted by atomic mass is 10.2. The van der Waals surface area contributed by atoms with Crippen molar-refractivity contribution in [3.05, 3.63) is 34.1 Å². The minimum atomic E-state index is -0.641. The first-order valence-corrected chi connectivity index (χ1v) is 5.24. The quantitative estimate of drug-likeness (QED) is 0.633. The van der Waals surface area contributed by atoms with Crippen LogP contribution in [0.1, 0.15) is 13.3 Å². The molecule has 0 aliphatic heterocycles. The molecule has 17 heavy (non-hydrogen) atoms. The SMILES string of the molecule is CC(O)CCN(C)c1cc(F)cc([N+](=O)[O-])c1. The van der Waals surface area contributed by atoms with Gasteiger partial charge in [-0.2, -0.15) is 0 Å². The summed E-state index contributed by atoms with van der Waals surface area (Å²) in [6.45, 7) is 2.15. The molecule has 0 saturated carbocycles. The highest BCUT2D eigenvalue weighted by Gasteiger charge is 2.12. The number of nitro groups is 1. The molecule has 1 rings (SSSR count). The highest BCUT2D eigenvalue weighted by atomic mass is 19.1. The average molecular weight is 242 g/mol. The predicted octanol–water partition coefficient (Wildman–Crippen LogP) is 1.94. The summed E-state index contributed by atoms with van der Waals surface area (Å²) in [5.74, 6) is -0.641. The number of aliphatic hydroxyl groups is 1. The molecule has 1 aromatic carbocycles. The molecule has 94 valence electrons. The zero-order valence-electron chi connectivity index (χ0n) is 9.76. The number of nitro benzene ring substituents is 1. The molecule has 0 aliphatic carbocycles. The van der Waals surface area contributed by atoms with Crippen LogP contribution in [0.25, 0.3) is 0 Å². The molecule has 1 atom stereocenters. The van der Waals surface area contributed by atoms with E-state index in [2.05, 4.69) is 0 Å². The minimum Gasteiger partial charge on any atom is -0.393 e. The minimum absolute atomic E-state index is 0.274. The Balaban J connectivity index is 2.86. The van der Waals surface area contributed by atoms with Gasteiger partial charge < -0.3 is 10.0 Å². The van der Waals surface area contributed by atoms with E-state index in [1.54, 1.807) is 18.9 Å². The van der Waals surface area contributed by atoms with Crippen LogP contribution in [0.3, 0.4) is 0 Å². The van der Waals surface area contributed by atoms with Crippen molar-refractivity contribution in [3.63, 3.8) is 0 Å². The van der Waals surface area contributed by atoms with E-state index in [-0.39, 0.29) is 5.69 Å². The van der Waals surface area contributed by atoms with E-state index in [0.717, 1.165) is 6.07 Å². The fourth-order valence-electron chi connectivity index (χ4n) is 1.39. The number of non-ortho nitro benzene ring substituents is 1. The lowest BCUT2D eigenvalue weighted by Gasteiger charge is -2.19. The number of rotatable bonds is 5. The van der Waals surface area contributed by atoms with E-state index in [1.807, 2.05) is 0 Å². The van der Waals surface area contributed by atoms with Crippen molar-refractivity contribution >= 4 is 11.4 Å². The van der Waals surface area contributed by atoms with E-state index in [1.165, 1.54) is 12.1 Å². The van der Waals surface area contributed by atoms with Crippen LogP contribution < -0.4 is 4.90 Å². The summed E-state index contributed by atoms with van der Waals surface area (Å²) in [7, 11) is 1.70. The van der Waals surface area contributed by atoms with Crippen molar-refractivity contribution in [2.45, 2.75) is 19.4 Å². The molecule has 0 saturated heterocycles. The maximum Gasteiger partial charge on any atom is 0.274 e. The monoisotopic (exact) mass is 242 g/mol. The number of nitrogens with zero attached hydrogens (tertiary/aromatic N) is 2. The standard InChI is InChI=1S/C11H15FN2O3/c1-8(15)3-4-13(2)10-5-9(12)6-11(7-10)14(16)17/h5-8,15H,3-4H2,1-2H3. The second-order valence-electron chi connectivity index (χ2n) is 3.98. The largest absolute Gasteiger partial charge is 0.393 e. The summed E-state index contributed by atoms with van der Waals surface area (Å²) >= 11 is 0. The first kappa shape index (κ1) is 13.4. The molecule has 0 bridgehead atoms. The Labute approximate surface area is 98.6 Å². The third kappa shape index (κ3) is 3.99. The second kappa shape index (κ2) is 5.58. The summed E-state index contributed by atoms with van der Waals surface area (Å²) < 4.78 is 13.2. The Morgan fingerprint density at radius 1 is 1.53 bits per heavy atom. The third-order valence-corrected chi connectivity index (χ3v) is 2.40. The van der Waals surface area contributed by atoms with Gasteiger partial charge in [-0.15, -0.1) is 0 Å². The van der Waals surface area contributed by atoms with Gasteiger partial charge in [0.05, 0.1) is 17.1 Å². The Morgan fingerprint density at radius 2 is 2.18 bits per heavy atom. The summed E-state index contributed by atoms with van der Waals surface area (Å²) in [4.78, 5) is 11.6. The van der Waals surface area contributed by atoms with Crippen molar-refractivity contribution in [2.24, 2.45) is 0 Å². The van der Waals surface area contributed by atoms with Crippen LogP contribution in [0.4, 0.5) is 15.8 Å². The lowest BCUT2D eigenvalue weighted by molar-refractivity contribution is -0.385. The molecule has 6 heteroatoms. The number of anilines is 1. The molecule has 0 aromatic heterocycles. The summed E-state index contributed by atoms with van der Waals surface area (Å²) in [6.07, 6.45) is 0.0573. The molecule has 0 amide bonds. The zero-order valence-corrected chi connectivity index (χ0v) is 9.76. The van der Waals surface area contributed by atoms with Gasteiger partial charge in [-0.1, -0.05) is 0 Å². The van der Waals surface area contributed by atoms with Gasteiger partial charge in [-0.05, 0) is 19.4 Å². The maximum atomic E-state index is 13.2. The Bertz CT molecular complexity index is 410. The summed E-state index contributed by atoms with van der Waals surface area (Å²) in [5, 5.41) is 19.7. The molecule has 0 spiro atoms. The Kier molecular flexibility index (Phi) is 4.39. The second-order valence-corrected chi connectivity index (χ2v) is 3.98. The van der Waals surface area contributed by atoms with Crippen molar-refractivity contribution in [2.75, 3.05) is 18.5 Å². The van der Waals surface area contributed by atoms with Crippen molar-refractivity contribution in [1.82, 2.24) is 0 Å². The maximum absolute atomic E-state index is 13.2. The number of benzene rings is 1. The topological polar surface area (TPSA) is 66.6 Å². The van der Waals surface area contributed by atoms with E-state index in [4.69, 9.17) is 5.11 Å². The molecule has 0 heterocycles. The third-order valence-electron chi connectivity index (χ3n) is 2.40. The molecular formula is C11H15FN2O3. The van der Waals surface area contributed by atoms with E-state index in [9.17, 15) is 14.5 Å². The van der Waals surface area contributed by atoms with Gasteiger partial charge in [0.15, 0.2) is 0 Å². The average Bonchev–Trinajstić information content (AvgIpc) is 2.24. The molecule has 5 nitrogen and oxygen atoms in total. The first-order chi connectivity index (χ1) is 7.90. The van der Waals surface area contributed by atoms with Crippen LogP contribution in [0, 0.1) is 15.9 Å². The molecule has 0 fully saturated rings. The van der Waals surface area contributed by atoms with Crippen molar-refractivity contribution in [1.29, 1.82) is 0 Å². The van der Waals surface area contributed by atoms with E-state index < -0.39 is 16.8 Å². The Morgan fingerprint density at radius 3 is 2.71 bits per heavy atom. The van der Waals surface area contributed by atoms with Crippen LogP contribution in [-0.4, -0.2) is 29.7 Å². The molecule has 0 radical (unpaired) electrons. The highest BCUT2D eigenvalue weighted by molar-refractivity contribution is 5.53. The first-order valence-electron chi connectivity index (χ1n) is 5.24. The van der Waals surface area contributed by atoms with Gasteiger partial charge in [0.25, 0.3) is 5.69 Å². The van der Waals surface area contributed by atoms with Gasteiger partial charge in [-0.3, -0.25) is 10.1 Å². The number of hydrogen-bond acceptors (Lipinski definition) is 4. The van der Waals surface area contributed by atoms with E-state index in [0.29, 0.717) is 18.7 Å². The van der Waals surface area contributed by atoms with Crippen LogP contribution in [0.5, 0.6) is 0 Å². The van der Waals surface area contributed by atoms with E-state index >= 15 is 0 Å². The molecule has 1 unspecified atom stereocenters. The lowest BCUT2D eigenvalue weighted by Crippen LogP contribution is -2.22. The zero-order chi connectivity index (χ0) is 13.0. The van der Waals surface area contributed by atoms with Crippen molar-refractivity contribution in [3.8, 4) is 0 Å². The van der Waals surface area contributed by atoms with Crippen LogP contribution in [0.2, 0.25) is 0 Å². The smallest absolute Gasteiger partial charge is 0.274 e. The van der Waals surface area contributed by atoms with Crippen LogP contribution >= 0.6 is 0 Å². The van der Waals surface area contributed by atoms with Gasteiger partial charge in [0.2, 0.25) is 0 Å². The number of hydrogen-bond donors (Lipinski definition) is 1. The molecule has 0 aliphatic rings. The van der Waals surface area contributed by atoms with Gasteiger partial charge in [0.1, 0.15) is 5.82 Å². The molecular weight excluding hydrogens is 227 g/mol. The summed E-state index contributed by atoms with van der Waals surface area (Å²) in [6, 6.07) is 3.42. The van der Waals surface area contributed by atoms with Gasteiger partial charge >= 0.3 is 0 Å². The fraction of sp³-hybridized carbons (Fsp3) is 0.455. The van der Waals surface area contributed by atoms with Gasteiger partial charge in [-0.25, -0.2) is 4.39 Å².